The Morgan fingerprint density at radius 3 is 2.40 bits per heavy atom. The molecule has 1 aromatic rings. The van der Waals surface area contributed by atoms with Gasteiger partial charge in [0.1, 0.15) is 0 Å². The third kappa shape index (κ3) is 1.82. The first-order valence-electron chi connectivity index (χ1n) is 3.21. The van der Waals surface area contributed by atoms with Crippen molar-refractivity contribution in [1.82, 2.24) is 4.98 Å². The van der Waals surface area contributed by atoms with Crippen LogP contribution in [0, 0.1) is 0 Å². The summed E-state index contributed by atoms with van der Waals surface area (Å²) in [5.74, 6) is 0. The molecular weight excluding hydrogens is 162 g/mol. The maximum absolute atomic E-state index is 6.13. The van der Waals surface area contributed by atoms with E-state index in [4.69, 9.17) is 11.1 Å². The van der Waals surface area contributed by atoms with Gasteiger partial charge in [-0.2, -0.15) is 11.1 Å². The molecule has 10 heavy (non-hydrogen) atoms. The van der Waals surface area contributed by atoms with E-state index in [1.54, 1.807) is 6.20 Å². The quantitative estimate of drug-likeness (QED) is 0.464. The molecule has 1 heterocycles. The Kier molecular flexibility index (Phi) is 2.11. The van der Waals surface area contributed by atoms with Crippen LogP contribution in [0.3, 0.4) is 0 Å². The van der Waals surface area contributed by atoms with Gasteiger partial charge in [0, 0.05) is 11.5 Å². The average molecular weight is 172 g/mol. The van der Waals surface area contributed by atoms with Gasteiger partial charge in [-0.3, -0.25) is 4.98 Å². The molecule has 0 aliphatic carbocycles. The van der Waals surface area contributed by atoms with E-state index in [1.165, 1.54) is 0 Å². The molecule has 0 saturated heterocycles. The molecule has 0 N–H and O–H groups in total. The van der Waals surface area contributed by atoms with Crippen LogP contribution in [0.15, 0.2) is 24.4 Å². The fourth-order valence-electron chi connectivity index (χ4n) is 0.714. The van der Waals surface area contributed by atoms with E-state index >= 15 is 0 Å². The second-order valence-electron chi connectivity index (χ2n) is 2.69. The zero-order valence-corrected chi connectivity index (χ0v) is 7.89. The van der Waals surface area contributed by atoms with Gasteiger partial charge in [-0.25, -0.2) is 0 Å². The van der Waals surface area contributed by atoms with Crippen LogP contribution in [0.2, 0.25) is 13.1 Å². The fourth-order valence-corrected chi connectivity index (χ4v) is 1.92. The van der Waals surface area contributed by atoms with Gasteiger partial charge in [0.25, 0.3) is 0 Å². The van der Waals surface area contributed by atoms with Crippen molar-refractivity contribution in [2.24, 2.45) is 0 Å². The molecule has 0 unspecified atom stereocenters. The molecule has 0 aliphatic rings. The summed E-state index contributed by atoms with van der Waals surface area (Å²) in [5.41, 5.74) is 0. The molecule has 0 spiro atoms. The van der Waals surface area contributed by atoms with Crippen molar-refractivity contribution >= 4 is 23.8 Å². The summed E-state index contributed by atoms with van der Waals surface area (Å²) in [7, 11) is -1.67. The fraction of sp³-hybridized carbons (Fsp3) is 0.286. The second kappa shape index (κ2) is 2.72. The zero-order chi connectivity index (χ0) is 7.61. The highest BCUT2D eigenvalue weighted by molar-refractivity contribution is 7.25. The SMILES string of the molecule is C[Si](C)(Cl)c1ccccn1. The van der Waals surface area contributed by atoms with Crippen LogP contribution in [-0.2, 0) is 0 Å². The topological polar surface area (TPSA) is 12.9 Å². The molecule has 1 aromatic heterocycles. The van der Waals surface area contributed by atoms with Crippen molar-refractivity contribution < 1.29 is 0 Å². The van der Waals surface area contributed by atoms with E-state index in [9.17, 15) is 0 Å². The summed E-state index contributed by atoms with van der Waals surface area (Å²) in [6, 6.07) is 5.86. The van der Waals surface area contributed by atoms with E-state index in [2.05, 4.69) is 18.1 Å². The van der Waals surface area contributed by atoms with Gasteiger partial charge in [0.15, 0.2) is 0 Å². The van der Waals surface area contributed by atoms with Crippen LogP contribution in [0.5, 0.6) is 0 Å². The lowest BCUT2D eigenvalue weighted by molar-refractivity contribution is 1.37. The molecule has 0 saturated carbocycles. The summed E-state index contributed by atoms with van der Waals surface area (Å²) < 4.78 is 0. The minimum absolute atomic E-state index is 1.05. The van der Waals surface area contributed by atoms with Crippen LogP contribution >= 0.6 is 11.1 Å². The predicted molar refractivity (Wildman–Crippen MR) is 47.2 cm³/mol. The number of aromatic nitrogens is 1. The van der Waals surface area contributed by atoms with Crippen LogP contribution in [0.25, 0.3) is 0 Å². The molecule has 0 radical (unpaired) electrons. The summed E-state index contributed by atoms with van der Waals surface area (Å²) in [5, 5.41) is 1.05. The van der Waals surface area contributed by atoms with Crippen LogP contribution in [0.1, 0.15) is 0 Å². The smallest absolute Gasteiger partial charge is 0.202 e. The molecule has 0 atom stereocenters. The number of nitrogens with zero attached hydrogens (tertiary/aromatic N) is 1. The first-order chi connectivity index (χ1) is 4.61. The Morgan fingerprint density at radius 1 is 1.40 bits per heavy atom. The van der Waals surface area contributed by atoms with E-state index in [-0.39, 0.29) is 0 Å². The Bertz CT molecular complexity index is 205. The average Bonchev–Trinajstić information content (AvgIpc) is 1.88. The number of hydrogen-bond acceptors (Lipinski definition) is 1. The van der Waals surface area contributed by atoms with Gasteiger partial charge in [-0.1, -0.05) is 19.2 Å². The van der Waals surface area contributed by atoms with Gasteiger partial charge in [-0.15, -0.1) is 0 Å². The summed E-state index contributed by atoms with van der Waals surface area (Å²) in [4.78, 5) is 4.18. The molecule has 0 amide bonds. The van der Waals surface area contributed by atoms with Crippen LogP contribution in [0.4, 0.5) is 0 Å². The van der Waals surface area contributed by atoms with Gasteiger partial charge < -0.3 is 0 Å². The summed E-state index contributed by atoms with van der Waals surface area (Å²) in [6.45, 7) is 4.13. The highest BCUT2D eigenvalue weighted by Gasteiger charge is 2.20. The van der Waals surface area contributed by atoms with E-state index < -0.39 is 7.38 Å². The largest absolute Gasteiger partial charge is 0.265 e. The van der Waals surface area contributed by atoms with Gasteiger partial charge in [0.05, 0.1) is 0 Å². The van der Waals surface area contributed by atoms with Crippen molar-refractivity contribution in [2.75, 3.05) is 0 Å². The number of rotatable bonds is 1. The summed E-state index contributed by atoms with van der Waals surface area (Å²) in [6.07, 6.45) is 1.78. The maximum atomic E-state index is 6.13. The molecule has 0 fully saturated rings. The van der Waals surface area contributed by atoms with E-state index in [1.807, 2.05) is 18.2 Å². The standard InChI is InChI=1S/C7H10ClNSi/c1-10(2,8)7-5-3-4-6-9-7/h3-6H,1-2H3. The molecule has 1 rings (SSSR count). The third-order valence-electron chi connectivity index (χ3n) is 1.27. The van der Waals surface area contributed by atoms with Crippen molar-refractivity contribution in [3.05, 3.63) is 24.4 Å². The lowest BCUT2D eigenvalue weighted by atomic mass is 10.5. The molecule has 0 aliphatic heterocycles. The molecule has 3 heteroatoms. The first kappa shape index (κ1) is 7.76. The van der Waals surface area contributed by atoms with Gasteiger partial charge >= 0.3 is 0 Å². The lowest BCUT2D eigenvalue weighted by Crippen LogP contribution is -2.37. The Hall–Kier alpha value is -0.343. The minimum Gasteiger partial charge on any atom is -0.265 e. The van der Waals surface area contributed by atoms with E-state index in [0.717, 1.165) is 5.32 Å². The molecule has 0 aromatic carbocycles. The minimum atomic E-state index is -1.67. The monoisotopic (exact) mass is 171 g/mol. The number of hydrogen-bond donors (Lipinski definition) is 0. The first-order valence-corrected chi connectivity index (χ1v) is 7.22. The van der Waals surface area contributed by atoms with Crippen molar-refractivity contribution in [3.63, 3.8) is 0 Å². The number of halogens is 1. The van der Waals surface area contributed by atoms with Crippen LogP contribution in [-0.4, -0.2) is 12.4 Å². The molecule has 1 nitrogen and oxygen atoms in total. The normalized spacial score (nSPS) is 11.5. The van der Waals surface area contributed by atoms with E-state index in [0.29, 0.717) is 0 Å². The van der Waals surface area contributed by atoms with Crippen molar-refractivity contribution in [3.8, 4) is 0 Å². The second-order valence-corrected chi connectivity index (χ2v) is 8.98. The Morgan fingerprint density at radius 2 is 2.10 bits per heavy atom. The van der Waals surface area contributed by atoms with Crippen molar-refractivity contribution in [2.45, 2.75) is 13.1 Å². The summed E-state index contributed by atoms with van der Waals surface area (Å²) >= 11 is 6.13. The number of pyridine rings is 1. The molecular formula is C7H10ClNSi. The lowest BCUT2D eigenvalue weighted by Gasteiger charge is -2.10. The third-order valence-corrected chi connectivity index (χ3v) is 3.37. The molecule has 0 bridgehead atoms. The van der Waals surface area contributed by atoms with Gasteiger partial charge in [-0.05, 0) is 12.1 Å². The predicted octanol–water partition coefficient (Wildman–Crippen LogP) is 1.73. The Balaban J connectivity index is 2.97. The zero-order valence-electron chi connectivity index (χ0n) is 6.13. The highest BCUT2D eigenvalue weighted by atomic mass is 35.6. The van der Waals surface area contributed by atoms with Crippen molar-refractivity contribution in [1.29, 1.82) is 0 Å². The van der Waals surface area contributed by atoms with Crippen LogP contribution < -0.4 is 5.32 Å². The maximum Gasteiger partial charge on any atom is 0.202 e. The molecule has 54 valence electrons. The Labute approximate surface area is 66.8 Å². The highest BCUT2D eigenvalue weighted by Crippen LogP contribution is 2.04. The van der Waals surface area contributed by atoms with Gasteiger partial charge in [0.2, 0.25) is 7.38 Å².